The molecule has 0 fully saturated rings. The van der Waals surface area contributed by atoms with Gasteiger partial charge < -0.3 is 15.4 Å². The van der Waals surface area contributed by atoms with Crippen LogP contribution in [0.15, 0.2) is 54.6 Å². The molecule has 126 valence electrons. The second kappa shape index (κ2) is 8.72. The van der Waals surface area contributed by atoms with Crippen molar-refractivity contribution in [3.05, 3.63) is 65.7 Å². The van der Waals surface area contributed by atoms with E-state index in [0.717, 1.165) is 16.9 Å². The highest BCUT2D eigenvalue weighted by molar-refractivity contribution is 5.79. The summed E-state index contributed by atoms with van der Waals surface area (Å²) in [5.41, 5.74) is 1.90. The normalized spacial score (nSPS) is 11.4. The van der Waals surface area contributed by atoms with Crippen molar-refractivity contribution < 1.29 is 14.3 Å². The Kier molecular flexibility index (Phi) is 6.37. The van der Waals surface area contributed by atoms with E-state index in [0.29, 0.717) is 6.54 Å². The zero-order valence-electron chi connectivity index (χ0n) is 13.9. The maximum absolute atomic E-state index is 12.2. The van der Waals surface area contributed by atoms with Gasteiger partial charge in [-0.2, -0.15) is 0 Å². The number of nitrogens with one attached hydrogen (secondary N) is 2. The smallest absolute Gasteiger partial charge is 0.222 e. The zero-order valence-corrected chi connectivity index (χ0v) is 13.9. The summed E-state index contributed by atoms with van der Waals surface area (Å²) in [5.74, 6) is 0.500. The number of methoxy groups -OCH3 is 1. The second-order valence-electron chi connectivity index (χ2n) is 5.49. The minimum absolute atomic E-state index is 0.117. The average molecular weight is 326 g/mol. The molecule has 0 radical (unpaired) electrons. The van der Waals surface area contributed by atoms with Crippen LogP contribution in [0, 0.1) is 0 Å². The van der Waals surface area contributed by atoms with E-state index in [9.17, 15) is 9.59 Å². The molecule has 0 heterocycles. The van der Waals surface area contributed by atoms with Gasteiger partial charge in [-0.15, -0.1) is 0 Å². The van der Waals surface area contributed by atoms with Crippen molar-refractivity contribution in [1.82, 2.24) is 10.6 Å². The first-order valence-electron chi connectivity index (χ1n) is 7.80. The van der Waals surface area contributed by atoms with Gasteiger partial charge in [0.15, 0.2) is 0 Å². The van der Waals surface area contributed by atoms with Gasteiger partial charge in [0.05, 0.1) is 19.6 Å². The Bertz CT molecular complexity index is 669. The van der Waals surface area contributed by atoms with Crippen molar-refractivity contribution in [2.75, 3.05) is 7.11 Å². The third kappa shape index (κ3) is 5.43. The third-order valence-electron chi connectivity index (χ3n) is 3.62. The lowest BCUT2D eigenvalue weighted by Gasteiger charge is -2.18. The van der Waals surface area contributed by atoms with E-state index >= 15 is 0 Å². The van der Waals surface area contributed by atoms with E-state index in [4.69, 9.17) is 4.74 Å². The number of amides is 2. The molecular weight excluding hydrogens is 304 g/mol. The standard InChI is InChI=1S/C19H22N2O3/c1-14(22)21-18(16-6-4-3-5-7-16)12-19(23)20-13-15-8-10-17(24-2)11-9-15/h3-11,18H,12-13H2,1-2H3,(H,20,23)(H,21,22)/t18-/m0/s1. The van der Waals surface area contributed by atoms with Gasteiger partial charge in [0, 0.05) is 13.5 Å². The Morgan fingerprint density at radius 1 is 1.04 bits per heavy atom. The van der Waals surface area contributed by atoms with E-state index in [-0.39, 0.29) is 24.3 Å². The van der Waals surface area contributed by atoms with Crippen LogP contribution in [-0.2, 0) is 16.1 Å². The molecule has 0 aliphatic carbocycles. The summed E-state index contributed by atoms with van der Waals surface area (Å²) in [4.78, 5) is 23.6. The molecule has 2 rings (SSSR count). The fraction of sp³-hybridized carbons (Fsp3) is 0.263. The number of benzene rings is 2. The summed E-state index contributed by atoms with van der Waals surface area (Å²) < 4.78 is 5.11. The monoisotopic (exact) mass is 326 g/mol. The molecule has 0 unspecified atom stereocenters. The third-order valence-corrected chi connectivity index (χ3v) is 3.62. The summed E-state index contributed by atoms with van der Waals surface area (Å²) in [6.45, 7) is 1.88. The average Bonchev–Trinajstić information content (AvgIpc) is 2.60. The highest BCUT2D eigenvalue weighted by Crippen LogP contribution is 2.17. The van der Waals surface area contributed by atoms with Gasteiger partial charge in [0.1, 0.15) is 5.75 Å². The highest BCUT2D eigenvalue weighted by atomic mass is 16.5. The fourth-order valence-corrected chi connectivity index (χ4v) is 2.38. The summed E-state index contributed by atoms with van der Waals surface area (Å²) in [6.07, 6.45) is 0.194. The molecule has 0 aromatic heterocycles. The lowest BCUT2D eigenvalue weighted by Crippen LogP contribution is -2.32. The number of ether oxygens (including phenoxy) is 1. The Morgan fingerprint density at radius 3 is 2.29 bits per heavy atom. The van der Waals surface area contributed by atoms with Crippen molar-refractivity contribution in [2.45, 2.75) is 25.9 Å². The van der Waals surface area contributed by atoms with E-state index in [1.54, 1.807) is 7.11 Å². The minimum atomic E-state index is -0.334. The molecule has 2 aromatic carbocycles. The quantitative estimate of drug-likeness (QED) is 0.822. The Hall–Kier alpha value is -2.82. The highest BCUT2D eigenvalue weighted by Gasteiger charge is 2.16. The SMILES string of the molecule is COc1ccc(CNC(=O)C[C@H](NC(C)=O)c2ccccc2)cc1. The van der Waals surface area contributed by atoms with Crippen molar-refractivity contribution >= 4 is 11.8 Å². The molecule has 24 heavy (non-hydrogen) atoms. The van der Waals surface area contributed by atoms with Gasteiger partial charge >= 0.3 is 0 Å². The van der Waals surface area contributed by atoms with Crippen LogP contribution in [0.25, 0.3) is 0 Å². The Balaban J connectivity index is 1.93. The molecule has 2 aromatic rings. The first-order valence-corrected chi connectivity index (χ1v) is 7.80. The molecule has 1 atom stereocenters. The number of carbonyl (C=O) groups is 2. The lowest BCUT2D eigenvalue weighted by atomic mass is 10.0. The van der Waals surface area contributed by atoms with Crippen LogP contribution in [0.5, 0.6) is 5.75 Å². The molecule has 2 amide bonds. The van der Waals surface area contributed by atoms with Crippen molar-refractivity contribution in [1.29, 1.82) is 0 Å². The topological polar surface area (TPSA) is 67.4 Å². The predicted octanol–water partition coefficient (Wildman–Crippen LogP) is 2.58. The number of carbonyl (C=O) groups excluding carboxylic acids is 2. The molecule has 0 spiro atoms. The summed E-state index contributed by atoms with van der Waals surface area (Å²) >= 11 is 0. The van der Waals surface area contributed by atoms with Crippen molar-refractivity contribution in [3.8, 4) is 5.75 Å². The van der Waals surface area contributed by atoms with Crippen molar-refractivity contribution in [2.24, 2.45) is 0 Å². The Labute approximate surface area is 142 Å². The van der Waals surface area contributed by atoms with Gasteiger partial charge in [-0.3, -0.25) is 9.59 Å². The molecule has 0 bridgehead atoms. The summed E-state index contributed by atoms with van der Waals surface area (Å²) in [5, 5.41) is 5.70. The van der Waals surface area contributed by atoms with E-state index < -0.39 is 0 Å². The van der Waals surface area contributed by atoms with Crippen LogP contribution < -0.4 is 15.4 Å². The minimum Gasteiger partial charge on any atom is -0.497 e. The van der Waals surface area contributed by atoms with Crippen LogP contribution >= 0.6 is 0 Å². The number of hydrogen-bond donors (Lipinski definition) is 2. The van der Waals surface area contributed by atoms with Crippen LogP contribution in [0.3, 0.4) is 0 Å². The molecule has 5 nitrogen and oxygen atoms in total. The summed E-state index contributed by atoms with van der Waals surface area (Å²) in [6, 6.07) is 16.7. The van der Waals surface area contributed by atoms with E-state index in [1.165, 1.54) is 6.92 Å². The molecule has 0 aliphatic rings. The maximum atomic E-state index is 12.2. The van der Waals surface area contributed by atoms with Gasteiger partial charge in [0.25, 0.3) is 0 Å². The molecule has 0 aliphatic heterocycles. The zero-order chi connectivity index (χ0) is 17.4. The molecule has 2 N–H and O–H groups in total. The molecule has 0 saturated carbocycles. The van der Waals surface area contributed by atoms with Crippen LogP contribution in [0.1, 0.15) is 30.5 Å². The fourth-order valence-electron chi connectivity index (χ4n) is 2.38. The largest absolute Gasteiger partial charge is 0.497 e. The van der Waals surface area contributed by atoms with Crippen LogP contribution in [0.2, 0.25) is 0 Å². The number of rotatable bonds is 7. The van der Waals surface area contributed by atoms with Gasteiger partial charge in [-0.1, -0.05) is 42.5 Å². The Morgan fingerprint density at radius 2 is 1.71 bits per heavy atom. The molecular formula is C19H22N2O3. The van der Waals surface area contributed by atoms with E-state index in [2.05, 4.69) is 10.6 Å². The van der Waals surface area contributed by atoms with Crippen LogP contribution in [-0.4, -0.2) is 18.9 Å². The number of hydrogen-bond acceptors (Lipinski definition) is 3. The van der Waals surface area contributed by atoms with Gasteiger partial charge in [-0.25, -0.2) is 0 Å². The van der Waals surface area contributed by atoms with Gasteiger partial charge in [-0.05, 0) is 23.3 Å². The second-order valence-corrected chi connectivity index (χ2v) is 5.49. The van der Waals surface area contributed by atoms with Crippen LogP contribution in [0.4, 0.5) is 0 Å². The molecule has 5 heteroatoms. The molecule has 0 saturated heterocycles. The summed E-state index contributed by atoms with van der Waals surface area (Å²) in [7, 11) is 1.61. The first kappa shape index (κ1) is 17.5. The maximum Gasteiger partial charge on any atom is 0.222 e. The first-order chi connectivity index (χ1) is 11.6. The predicted molar refractivity (Wildman–Crippen MR) is 92.5 cm³/mol. The van der Waals surface area contributed by atoms with Gasteiger partial charge in [0.2, 0.25) is 11.8 Å². The lowest BCUT2D eigenvalue weighted by molar-refractivity contribution is -0.122. The van der Waals surface area contributed by atoms with Crippen molar-refractivity contribution in [3.63, 3.8) is 0 Å². The van der Waals surface area contributed by atoms with E-state index in [1.807, 2.05) is 54.6 Å².